The summed E-state index contributed by atoms with van der Waals surface area (Å²) < 4.78 is 37.3. The number of benzene rings is 1. The van der Waals surface area contributed by atoms with E-state index in [1.807, 2.05) is 0 Å². The Morgan fingerprint density at radius 1 is 1.33 bits per heavy atom. The fourth-order valence-corrected chi connectivity index (χ4v) is 3.57. The third kappa shape index (κ3) is 4.27. The van der Waals surface area contributed by atoms with Gasteiger partial charge in [0.05, 0.1) is 37.0 Å². The second-order valence-electron chi connectivity index (χ2n) is 7.44. The van der Waals surface area contributed by atoms with E-state index in [9.17, 15) is 14.0 Å². The Kier molecular flexibility index (Phi) is 5.48. The van der Waals surface area contributed by atoms with Crippen molar-refractivity contribution < 1.29 is 32.7 Å². The Hall–Kier alpha value is -3.84. The van der Waals surface area contributed by atoms with Crippen LogP contribution in [-0.4, -0.2) is 64.2 Å². The molecule has 0 radical (unpaired) electrons. The molecule has 2 amide bonds. The number of carbonyl (C=O) groups is 2. The molecule has 2 aliphatic heterocycles. The van der Waals surface area contributed by atoms with Gasteiger partial charge in [0.1, 0.15) is 11.8 Å². The summed E-state index contributed by atoms with van der Waals surface area (Å²) >= 11 is 0. The van der Waals surface area contributed by atoms with E-state index >= 15 is 0 Å². The molecular weight excluding hydrogens is 439 g/mol. The molecule has 2 aliphatic rings. The van der Waals surface area contributed by atoms with Gasteiger partial charge in [0.15, 0.2) is 18.4 Å². The Morgan fingerprint density at radius 3 is 2.94 bits per heavy atom. The van der Waals surface area contributed by atoms with Gasteiger partial charge in [0.25, 0.3) is 0 Å². The third-order valence-corrected chi connectivity index (χ3v) is 5.13. The van der Waals surface area contributed by atoms with Crippen LogP contribution in [0.1, 0.15) is 12.8 Å². The standard InChI is InChI=1S/C20H19FN6O6/c1-11-30-18(31-11)5-17-24-19(25-33-17)12-6-23-27(8-12)16-3-2-13(4-15(16)21)26-9-14(7-22-10-28)32-20(26)29/h2-4,6,8,10-11,14,18H,5,7,9H2,1H3,(H,22,28)/t11?,14-,18?/m0/s1. The molecule has 4 heterocycles. The molecule has 0 spiro atoms. The Labute approximate surface area is 186 Å². The Balaban J connectivity index is 1.28. The van der Waals surface area contributed by atoms with Crippen LogP contribution in [0.3, 0.4) is 0 Å². The molecule has 0 unspecified atom stereocenters. The molecule has 0 aliphatic carbocycles. The first-order chi connectivity index (χ1) is 16.0. The summed E-state index contributed by atoms with van der Waals surface area (Å²) in [6.45, 7) is 2.16. The SMILES string of the molecule is CC1OC(Cc2nc(-c3cnn(-c4ccc(N5C[C@H](CNC=O)OC5=O)cc4F)c3)no2)O1. The van der Waals surface area contributed by atoms with Crippen LogP contribution in [0.5, 0.6) is 0 Å². The van der Waals surface area contributed by atoms with Crippen LogP contribution < -0.4 is 10.2 Å². The molecule has 12 nitrogen and oxygen atoms in total. The molecule has 1 N–H and O–H groups in total. The first kappa shape index (κ1) is 21.0. The lowest BCUT2D eigenvalue weighted by atomic mass is 10.2. The zero-order valence-corrected chi connectivity index (χ0v) is 17.4. The summed E-state index contributed by atoms with van der Waals surface area (Å²) in [7, 11) is 0. The van der Waals surface area contributed by atoms with Crippen molar-refractivity contribution in [2.24, 2.45) is 0 Å². The van der Waals surface area contributed by atoms with Crippen molar-refractivity contribution in [1.29, 1.82) is 0 Å². The van der Waals surface area contributed by atoms with Crippen LogP contribution in [0.25, 0.3) is 17.1 Å². The lowest BCUT2D eigenvalue weighted by Gasteiger charge is -2.32. The van der Waals surface area contributed by atoms with Crippen molar-refractivity contribution in [1.82, 2.24) is 25.2 Å². The monoisotopic (exact) mass is 458 g/mol. The number of aromatic nitrogens is 4. The molecule has 33 heavy (non-hydrogen) atoms. The average Bonchev–Trinajstić information content (AvgIpc) is 3.51. The van der Waals surface area contributed by atoms with Crippen molar-refractivity contribution >= 4 is 18.2 Å². The van der Waals surface area contributed by atoms with Gasteiger partial charge < -0.3 is 24.1 Å². The molecule has 1 aromatic carbocycles. The Bertz CT molecular complexity index is 1180. The van der Waals surface area contributed by atoms with E-state index in [0.717, 1.165) is 0 Å². The minimum atomic E-state index is -0.610. The number of cyclic esters (lactones) is 1. The quantitative estimate of drug-likeness (QED) is 0.497. The van der Waals surface area contributed by atoms with Crippen molar-refractivity contribution in [3.8, 4) is 17.1 Å². The molecule has 0 bridgehead atoms. The third-order valence-electron chi connectivity index (χ3n) is 5.13. The van der Waals surface area contributed by atoms with Gasteiger partial charge in [-0.05, 0) is 25.1 Å². The van der Waals surface area contributed by atoms with Crippen molar-refractivity contribution in [2.75, 3.05) is 18.0 Å². The molecular formula is C20H19FN6O6. The molecule has 2 saturated heterocycles. The van der Waals surface area contributed by atoms with Gasteiger partial charge in [-0.25, -0.2) is 13.9 Å². The molecule has 2 aromatic heterocycles. The highest BCUT2D eigenvalue weighted by Gasteiger charge is 2.32. The maximum atomic E-state index is 14.9. The van der Waals surface area contributed by atoms with E-state index < -0.39 is 24.3 Å². The number of hydrogen-bond acceptors (Lipinski definition) is 9. The summed E-state index contributed by atoms with van der Waals surface area (Å²) in [5.41, 5.74) is 1.04. The molecule has 2 fully saturated rings. The summed E-state index contributed by atoms with van der Waals surface area (Å²) in [5, 5.41) is 10.6. The fourth-order valence-electron chi connectivity index (χ4n) is 3.57. The van der Waals surface area contributed by atoms with Crippen LogP contribution in [0.4, 0.5) is 14.9 Å². The molecule has 3 aromatic rings. The van der Waals surface area contributed by atoms with E-state index in [2.05, 4.69) is 20.6 Å². The number of hydrogen-bond donors (Lipinski definition) is 1. The Morgan fingerprint density at radius 2 is 2.18 bits per heavy atom. The number of halogens is 1. The summed E-state index contributed by atoms with van der Waals surface area (Å²) in [5.74, 6) is 0.0615. The number of amides is 2. The van der Waals surface area contributed by atoms with Gasteiger partial charge in [-0.3, -0.25) is 9.69 Å². The number of carbonyl (C=O) groups excluding carboxylic acids is 2. The maximum Gasteiger partial charge on any atom is 0.414 e. The topological polar surface area (TPSA) is 134 Å². The minimum absolute atomic E-state index is 0.172. The highest BCUT2D eigenvalue weighted by atomic mass is 19.1. The lowest BCUT2D eigenvalue weighted by molar-refractivity contribution is -0.375. The normalized spacial score (nSPS) is 22.2. The average molecular weight is 458 g/mol. The van der Waals surface area contributed by atoms with Crippen molar-refractivity contribution in [3.05, 3.63) is 42.3 Å². The lowest BCUT2D eigenvalue weighted by Crippen LogP contribution is -2.40. The van der Waals surface area contributed by atoms with E-state index in [1.54, 1.807) is 19.2 Å². The number of ether oxygens (including phenoxy) is 3. The van der Waals surface area contributed by atoms with E-state index in [1.165, 1.54) is 27.9 Å². The van der Waals surface area contributed by atoms with Gasteiger partial charge in [0.2, 0.25) is 18.1 Å². The zero-order valence-electron chi connectivity index (χ0n) is 17.4. The smallest absolute Gasteiger partial charge is 0.414 e. The number of rotatable bonds is 8. The van der Waals surface area contributed by atoms with Crippen LogP contribution in [0.15, 0.2) is 35.1 Å². The van der Waals surface area contributed by atoms with Gasteiger partial charge in [-0.15, -0.1) is 0 Å². The maximum absolute atomic E-state index is 14.9. The van der Waals surface area contributed by atoms with Crippen LogP contribution >= 0.6 is 0 Å². The van der Waals surface area contributed by atoms with Gasteiger partial charge in [-0.1, -0.05) is 5.16 Å². The second kappa shape index (κ2) is 8.60. The molecule has 1 atom stereocenters. The van der Waals surface area contributed by atoms with E-state index in [-0.39, 0.29) is 25.1 Å². The number of nitrogens with zero attached hydrogens (tertiary/aromatic N) is 5. The number of nitrogens with one attached hydrogen (secondary N) is 1. The fraction of sp³-hybridized carbons (Fsp3) is 0.350. The predicted octanol–water partition coefficient (Wildman–Crippen LogP) is 1.39. The van der Waals surface area contributed by atoms with Gasteiger partial charge >= 0.3 is 6.09 Å². The minimum Gasteiger partial charge on any atom is -0.442 e. The largest absolute Gasteiger partial charge is 0.442 e. The molecule has 172 valence electrons. The molecule has 13 heteroatoms. The van der Waals surface area contributed by atoms with Crippen LogP contribution in [-0.2, 0) is 25.4 Å². The highest BCUT2D eigenvalue weighted by Crippen LogP contribution is 2.26. The first-order valence-electron chi connectivity index (χ1n) is 10.1. The van der Waals surface area contributed by atoms with Crippen molar-refractivity contribution in [2.45, 2.75) is 32.0 Å². The van der Waals surface area contributed by atoms with Gasteiger partial charge in [0, 0.05) is 6.20 Å². The summed E-state index contributed by atoms with van der Waals surface area (Å²) in [6.07, 6.45) is 2.13. The summed E-state index contributed by atoms with van der Waals surface area (Å²) in [4.78, 5) is 28.1. The first-order valence-corrected chi connectivity index (χ1v) is 10.1. The zero-order chi connectivity index (χ0) is 22.9. The highest BCUT2D eigenvalue weighted by molar-refractivity contribution is 5.89. The van der Waals surface area contributed by atoms with E-state index in [0.29, 0.717) is 35.8 Å². The van der Waals surface area contributed by atoms with E-state index in [4.69, 9.17) is 18.7 Å². The second-order valence-corrected chi connectivity index (χ2v) is 7.44. The number of anilines is 1. The predicted molar refractivity (Wildman–Crippen MR) is 108 cm³/mol. The van der Waals surface area contributed by atoms with Gasteiger partial charge in [-0.2, -0.15) is 10.1 Å². The molecule has 5 rings (SSSR count). The van der Waals surface area contributed by atoms with Crippen molar-refractivity contribution in [3.63, 3.8) is 0 Å². The van der Waals surface area contributed by atoms with Crippen LogP contribution in [0.2, 0.25) is 0 Å². The molecule has 0 saturated carbocycles. The van der Waals surface area contributed by atoms with Crippen LogP contribution in [0, 0.1) is 5.82 Å². The summed E-state index contributed by atoms with van der Waals surface area (Å²) in [6, 6.07) is 4.31.